The van der Waals surface area contributed by atoms with Crippen LogP contribution in [0.5, 0.6) is 0 Å². The van der Waals surface area contributed by atoms with E-state index in [-0.39, 0.29) is 6.10 Å². The molecule has 1 N–H and O–H groups in total. The highest BCUT2D eigenvalue weighted by molar-refractivity contribution is 7.17. The van der Waals surface area contributed by atoms with Crippen molar-refractivity contribution in [3.8, 4) is 11.1 Å². The molecule has 1 saturated heterocycles. The van der Waals surface area contributed by atoms with Gasteiger partial charge in [-0.15, -0.1) is 11.3 Å². The Morgan fingerprint density at radius 2 is 2.00 bits per heavy atom. The molecule has 0 radical (unpaired) electrons. The number of aliphatic imine (C=N–C) groups is 1. The molecule has 0 saturated carbocycles. The number of anilines is 1. The summed E-state index contributed by atoms with van der Waals surface area (Å²) in [5.41, 5.74) is 2.95. The van der Waals surface area contributed by atoms with E-state index in [2.05, 4.69) is 34.1 Å². The van der Waals surface area contributed by atoms with Crippen LogP contribution >= 0.6 is 11.3 Å². The van der Waals surface area contributed by atoms with Gasteiger partial charge < -0.3 is 10.0 Å². The first-order valence-electron chi connectivity index (χ1n) is 9.79. The largest absolute Gasteiger partial charge is 0.393 e. The summed E-state index contributed by atoms with van der Waals surface area (Å²) in [6.07, 6.45) is 6.98. The van der Waals surface area contributed by atoms with Crippen molar-refractivity contribution in [2.24, 2.45) is 4.99 Å². The molecule has 3 aromatic rings. The maximum atomic E-state index is 9.96. The molecule has 5 nitrogen and oxygen atoms in total. The molecule has 0 atom stereocenters. The van der Waals surface area contributed by atoms with Crippen molar-refractivity contribution < 1.29 is 5.11 Å². The molecule has 0 bridgehead atoms. The molecule has 1 aromatic carbocycles. The number of nitrogens with zero attached hydrogens (tertiary/aromatic N) is 4. The second kappa shape index (κ2) is 8.68. The summed E-state index contributed by atoms with van der Waals surface area (Å²) in [6, 6.07) is 10.3. The zero-order valence-corrected chi connectivity index (χ0v) is 17.3. The van der Waals surface area contributed by atoms with Gasteiger partial charge in [0.1, 0.15) is 16.3 Å². The van der Waals surface area contributed by atoms with Crippen LogP contribution in [0.1, 0.15) is 25.6 Å². The van der Waals surface area contributed by atoms with Crippen molar-refractivity contribution in [3.05, 3.63) is 59.8 Å². The van der Waals surface area contributed by atoms with Crippen molar-refractivity contribution in [2.45, 2.75) is 25.9 Å². The van der Waals surface area contributed by atoms with E-state index in [1.54, 1.807) is 11.3 Å². The van der Waals surface area contributed by atoms with E-state index in [0.717, 1.165) is 53.1 Å². The lowest BCUT2D eigenvalue weighted by Gasteiger charge is -2.31. The molecule has 3 heterocycles. The van der Waals surface area contributed by atoms with Crippen LogP contribution in [0.15, 0.2) is 58.9 Å². The number of aromatic nitrogens is 2. The molecule has 0 unspecified atom stereocenters. The molecule has 0 amide bonds. The summed E-state index contributed by atoms with van der Waals surface area (Å²) >= 11 is 1.62. The van der Waals surface area contributed by atoms with E-state index in [1.165, 1.54) is 0 Å². The highest BCUT2D eigenvalue weighted by atomic mass is 32.1. The van der Waals surface area contributed by atoms with Gasteiger partial charge in [-0.1, -0.05) is 42.5 Å². The van der Waals surface area contributed by atoms with Crippen molar-refractivity contribution >= 4 is 39.8 Å². The molecule has 148 valence electrons. The Hall–Kier alpha value is -2.83. The Morgan fingerprint density at radius 3 is 2.69 bits per heavy atom. The molecule has 0 spiro atoms. The Kier molecular flexibility index (Phi) is 5.83. The minimum atomic E-state index is -0.237. The first-order valence-corrected chi connectivity index (χ1v) is 10.7. The number of thiophene rings is 1. The first-order chi connectivity index (χ1) is 14.2. The lowest BCUT2D eigenvalue weighted by atomic mass is 10.0. The predicted octanol–water partition coefficient (Wildman–Crippen LogP) is 4.94. The summed E-state index contributed by atoms with van der Waals surface area (Å²) in [5, 5.41) is 13.2. The number of rotatable bonds is 5. The number of fused-ring (bicyclic) bond motifs is 1. The predicted molar refractivity (Wildman–Crippen MR) is 123 cm³/mol. The van der Waals surface area contributed by atoms with E-state index in [0.29, 0.717) is 11.5 Å². The number of allylic oxidation sites excluding steroid dienone is 3. The van der Waals surface area contributed by atoms with Crippen LogP contribution in [0.25, 0.3) is 27.0 Å². The average Bonchev–Trinajstić information content (AvgIpc) is 3.19. The molecular weight excluding hydrogens is 380 g/mol. The van der Waals surface area contributed by atoms with Gasteiger partial charge >= 0.3 is 0 Å². The second-order valence-electron chi connectivity index (χ2n) is 7.02. The van der Waals surface area contributed by atoms with E-state index in [1.807, 2.05) is 43.4 Å². The summed E-state index contributed by atoms with van der Waals surface area (Å²) in [6.45, 7) is 7.20. The van der Waals surface area contributed by atoms with E-state index in [9.17, 15) is 5.11 Å². The fourth-order valence-electron chi connectivity index (χ4n) is 3.56. The smallest absolute Gasteiger partial charge is 0.181 e. The molecule has 0 aliphatic carbocycles. The molecule has 6 heteroatoms. The van der Waals surface area contributed by atoms with E-state index < -0.39 is 0 Å². The minimum absolute atomic E-state index is 0.237. The summed E-state index contributed by atoms with van der Waals surface area (Å²) in [4.78, 5) is 17.1. The van der Waals surface area contributed by atoms with Crippen LogP contribution in [0.4, 0.5) is 5.82 Å². The van der Waals surface area contributed by atoms with Crippen molar-refractivity contribution in [2.75, 3.05) is 18.0 Å². The van der Waals surface area contributed by atoms with Gasteiger partial charge in [-0.05, 0) is 38.1 Å². The molecule has 29 heavy (non-hydrogen) atoms. The normalized spacial score (nSPS) is 16.1. The van der Waals surface area contributed by atoms with Gasteiger partial charge in [-0.25, -0.2) is 9.97 Å². The number of piperidine rings is 1. The average molecular weight is 405 g/mol. The molecule has 2 aromatic heterocycles. The van der Waals surface area contributed by atoms with E-state index >= 15 is 0 Å². The summed E-state index contributed by atoms with van der Waals surface area (Å²) < 4.78 is 0. The van der Waals surface area contributed by atoms with Crippen molar-refractivity contribution in [1.82, 2.24) is 9.97 Å². The van der Waals surface area contributed by atoms with Gasteiger partial charge in [-0.3, -0.25) is 4.99 Å². The molecule has 4 rings (SSSR count). The molecule has 1 aliphatic heterocycles. The van der Waals surface area contributed by atoms with Crippen LogP contribution < -0.4 is 4.90 Å². The Balaban J connectivity index is 1.91. The zero-order chi connectivity index (χ0) is 20.2. The topological polar surface area (TPSA) is 61.6 Å². The van der Waals surface area contributed by atoms with Crippen LogP contribution in [0, 0.1) is 0 Å². The van der Waals surface area contributed by atoms with Crippen LogP contribution in [-0.2, 0) is 0 Å². The Morgan fingerprint density at radius 1 is 1.24 bits per heavy atom. The monoisotopic (exact) mass is 404 g/mol. The third-order valence-electron chi connectivity index (χ3n) is 5.11. The van der Waals surface area contributed by atoms with Crippen LogP contribution in [0.2, 0.25) is 0 Å². The van der Waals surface area contributed by atoms with E-state index in [4.69, 9.17) is 9.97 Å². The lowest BCUT2D eigenvalue weighted by molar-refractivity contribution is 0.145. The maximum Gasteiger partial charge on any atom is 0.181 e. The maximum absolute atomic E-state index is 9.96. The molecular formula is C23H24N4OS. The molecule has 1 fully saturated rings. The number of benzene rings is 1. The number of hydrogen-bond donors (Lipinski definition) is 1. The van der Waals surface area contributed by atoms with Crippen LogP contribution in [-0.4, -0.2) is 41.0 Å². The fraction of sp³-hybridized carbons (Fsp3) is 0.261. The summed E-state index contributed by atoms with van der Waals surface area (Å²) in [7, 11) is 0. The zero-order valence-electron chi connectivity index (χ0n) is 16.5. The van der Waals surface area contributed by atoms with Gasteiger partial charge in [0.25, 0.3) is 0 Å². The fourth-order valence-corrected chi connectivity index (χ4v) is 4.50. The molecule has 1 aliphatic rings. The van der Waals surface area contributed by atoms with Crippen molar-refractivity contribution in [1.29, 1.82) is 0 Å². The third kappa shape index (κ3) is 3.99. The van der Waals surface area contributed by atoms with Gasteiger partial charge in [0.2, 0.25) is 0 Å². The second-order valence-corrected chi connectivity index (χ2v) is 7.88. The quantitative estimate of drug-likeness (QED) is 0.483. The highest BCUT2D eigenvalue weighted by Gasteiger charge is 2.24. The van der Waals surface area contributed by atoms with Gasteiger partial charge in [-0.2, -0.15) is 0 Å². The first kappa shape index (κ1) is 19.5. The summed E-state index contributed by atoms with van der Waals surface area (Å²) in [5.74, 6) is 1.49. The van der Waals surface area contributed by atoms with Gasteiger partial charge in [0.05, 0.1) is 11.5 Å². The van der Waals surface area contributed by atoms with Crippen molar-refractivity contribution in [3.63, 3.8) is 0 Å². The highest BCUT2D eigenvalue weighted by Crippen LogP contribution is 2.39. The lowest BCUT2D eigenvalue weighted by Crippen LogP contribution is -2.36. The minimum Gasteiger partial charge on any atom is -0.393 e. The SMILES string of the molecule is C=N/C(=C\C=C/C)c1nc(N2CCC(O)CC2)c2c(-c3ccccc3)csc2n1. The number of aliphatic hydroxyl groups excluding tert-OH is 1. The Bertz CT molecular complexity index is 1060. The van der Waals surface area contributed by atoms with Crippen LogP contribution in [0.3, 0.4) is 0 Å². The number of aliphatic hydroxyl groups is 1. The third-order valence-corrected chi connectivity index (χ3v) is 5.98. The number of hydrogen-bond acceptors (Lipinski definition) is 6. The van der Waals surface area contributed by atoms with Gasteiger partial charge in [0.15, 0.2) is 5.82 Å². The van der Waals surface area contributed by atoms with Gasteiger partial charge in [0, 0.05) is 24.0 Å². The Labute approximate surface area is 174 Å². The standard InChI is InChI=1S/C23H24N4OS/c1-3-4-10-19(24-2)21-25-22(27-13-11-17(28)12-14-27)20-18(15-29-23(20)26-21)16-8-6-5-7-9-16/h3-10,15,17,28H,2,11-14H2,1H3/b4-3-,19-10-.